The molecule has 0 radical (unpaired) electrons. The first-order chi connectivity index (χ1) is 8.25. The van der Waals surface area contributed by atoms with Crippen molar-refractivity contribution in [3.8, 4) is 0 Å². The van der Waals surface area contributed by atoms with Crippen LogP contribution in [0.5, 0.6) is 0 Å². The fourth-order valence-electron chi connectivity index (χ4n) is 1.64. The van der Waals surface area contributed by atoms with Crippen LogP contribution in [-0.4, -0.2) is 29.2 Å². The molecular formula is C12H20N2O3. The maximum atomic E-state index is 11.5. The van der Waals surface area contributed by atoms with Gasteiger partial charge in [-0.15, -0.1) is 0 Å². The van der Waals surface area contributed by atoms with Gasteiger partial charge in [-0.1, -0.05) is 25.9 Å². The SMILES string of the molecule is CC.CC1CCN(C(=O)OCc2ccno2)C1. The summed E-state index contributed by atoms with van der Waals surface area (Å²) >= 11 is 0. The van der Waals surface area contributed by atoms with Gasteiger partial charge >= 0.3 is 6.09 Å². The molecule has 0 aliphatic carbocycles. The first-order valence-electron chi connectivity index (χ1n) is 6.07. The van der Waals surface area contributed by atoms with Crippen molar-refractivity contribution in [2.75, 3.05) is 13.1 Å². The molecule has 1 aliphatic rings. The summed E-state index contributed by atoms with van der Waals surface area (Å²) in [7, 11) is 0. The monoisotopic (exact) mass is 240 g/mol. The van der Waals surface area contributed by atoms with Gasteiger partial charge in [0.15, 0.2) is 12.4 Å². The number of rotatable bonds is 2. The Hall–Kier alpha value is -1.52. The highest BCUT2D eigenvalue weighted by Gasteiger charge is 2.24. The van der Waals surface area contributed by atoms with Crippen molar-refractivity contribution < 1.29 is 14.1 Å². The maximum absolute atomic E-state index is 11.5. The molecule has 5 heteroatoms. The van der Waals surface area contributed by atoms with Gasteiger partial charge < -0.3 is 14.2 Å². The molecule has 1 fully saturated rings. The molecule has 0 spiro atoms. The van der Waals surface area contributed by atoms with Gasteiger partial charge in [-0.3, -0.25) is 0 Å². The van der Waals surface area contributed by atoms with E-state index in [1.54, 1.807) is 11.0 Å². The van der Waals surface area contributed by atoms with E-state index < -0.39 is 0 Å². The van der Waals surface area contributed by atoms with Gasteiger partial charge in [0, 0.05) is 19.2 Å². The van der Waals surface area contributed by atoms with E-state index in [-0.39, 0.29) is 12.7 Å². The topological polar surface area (TPSA) is 55.6 Å². The zero-order chi connectivity index (χ0) is 12.7. The summed E-state index contributed by atoms with van der Waals surface area (Å²) in [5.74, 6) is 1.14. The Kier molecular flexibility index (Phi) is 5.52. The van der Waals surface area contributed by atoms with Crippen molar-refractivity contribution in [3.63, 3.8) is 0 Å². The summed E-state index contributed by atoms with van der Waals surface area (Å²) in [6.45, 7) is 7.86. The third-order valence-electron chi connectivity index (χ3n) is 2.51. The van der Waals surface area contributed by atoms with Crippen LogP contribution in [0.1, 0.15) is 33.0 Å². The number of aromatic nitrogens is 1. The lowest BCUT2D eigenvalue weighted by molar-refractivity contribution is 0.0942. The number of amides is 1. The predicted octanol–water partition coefficient (Wildman–Crippen LogP) is 2.68. The molecule has 1 unspecified atom stereocenters. The smallest absolute Gasteiger partial charge is 0.410 e. The van der Waals surface area contributed by atoms with Gasteiger partial charge in [-0.2, -0.15) is 0 Å². The summed E-state index contributed by atoms with van der Waals surface area (Å²) < 4.78 is 9.89. The molecule has 1 aliphatic heterocycles. The van der Waals surface area contributed by atoms with Crippen molar-refractivity contribution in [3.05, 3.63) is 18.0 Å². The predicted molar refractivity (Wildman–Crippen MR) is 63.4 cm³/mol. The normalized spacial score (nSPS) is 18.5. The van der Waals surface area contributed by atoms with E-state index in [1.807, 2.05) is 13.8 Å². The van der Waals surface area contributed by atoms with Crippen LogP contribution in [0.4, 0.5) is 4.79 Å². The molecule has 0 aromatic carbocycles. The third kappa shape index (κ3) is 4.09. The molecule has 2 heterocycles. The van der Waals surface area contributed by atoms with Gasteiger partial charge in [-0.05, 0) is 12.3 Å². The molecule has 1 aromatic heterocycles. The summed E-state index contributed by atoms with van der Waals surface area (Å²) in [6.07, 6.45) is 2.31. The number of carbonyl (C=O) groups is 1. The summed E-state index contributed by atoms with van der Waals surface area (Å²) in [5.41, 5.74) is 0. The Morgan fingerprint density at radius 1 is 1.65 bits per heavy atom. The highest BCUT2D eigenvalue weighted by molar-refractivity contribution is 5.67. The van der Waals surface area contributed by atoms with Crippen LogP contribution < -0.4 is 0 Å². The number of hydrogen-bond donors (Lipinski definition) is 0. The first kappa shape index (κ1) is 13.5. The third-order valence-corrected chi connectivity index (χ3v) is 2.51. The van der Waals surface area contributed by atoms with Crippen molar-refractivity contribution in [1.29, 1.82) is 0 Å². The molecule has 1 saturated heterocycles. The molecular weight excluding hydrogens is 220 g/mol. The van der Waals surface area contributed by atoms with Crippen molar-refractivity contribution in [1.82, 2.24) is 10.1 Å². The van der Waals surface area contributed by atoms with E-state index >= 15 is 0 Å². The zero-order valence-corrected chi connectivity index (χ0v) is 10.7. The van der Waals surface area contributed by atoms with Crippen LogP contribution in [0.15, 0.2) is 16.8 Å². The number of hydrogen-bond acceptors (Lipinski definition) is 4. The van der Waals surface area contributed by atoms with Crippen LogP contribution in [0, 0.1) is 5.92 Å². The average Bonchev–Trinajstić information content (AvgIpc) is 2.99. The van der Waals surface area contributed by atoms with Gasteiger partial charge in [0.1, 0.15) is 0 Å². The maximum Gasteiger partial charge on any atom is 0.410 e. The lowest BCUT2D eigenvalue weighted by atomic mass is 10.2. The summed E-state index contributed by atoms with van der Waals surface area (Å²) in [4.78, 5) is 13.3. The largest absolute Gasteiger partial charge is 0.441 e. The average molecular weight is 240 g/mol. The fraction of sp³-hybridized carbons (Fsp3) is 0.667. The Bertz CT molecular complexity index is 325. The molecule has 17 heavy (non-hydrogen) atoms. The van der Waals surface area contributed by atoms with Crippen LogP contribution in [0.25, 0.3) is 0 Å². The molecule has 0 N–H and O–H groups in total. The van der Waals surface area contributed by atoms with Crippen molar-refractivity contribution >= 4 is 6.09 Å². The molecule has 1 amide bonds. The standard InChI is InChI=1S/C10H14N2O3.C2H6/c1-8-3-5-12(6-8)10(13)14-7-9-2-4-11-15-9;1-2/h2,4,8H,3,5-7H2,1H3;1-2H3. The molecule has 5 nitrogen and oxygen atoms in total. The molecule has 1 atom stereocenters. The number of carbonyl (C=O) groups excluding carboxylic acids is 1. The molecule has 0 bridgehead atoms. The highest BCUT2D eigenvalue weighted by atomic mass is 16.6. The lowest BCUT2D eigenvalue weighted by Gasteiger charge is -2.14. The van der Waals surface area contributed by atoms with Gasteiger partial charge in [0.25, 0.3) is 0 Å². The second-order valence-electron chi connectivity index (χ2n) is 3.87. The van der Waals surface area contributed by atoms with Crippen LogP contribution in [-0.2, 0) is 11.3 Å². The van der Waals surface area contributed by atoms with E-state index in [0.29, 0.717) is 11.7 Å². The van der Waals surface area contributed by atoms with E-state index in [2.05, 4.69) is 12.1 Å². The molecule has 0 saturated carbocycles. The Balaban J connectivity index is 0.000000686. The fourth-order valence-corrected chi connectivity index (χ4v) is 1.64. The highest BCUT2D eigenvalue weighted by Crippen LogP contribution is 2.16. The molecule has 96 valence electrons. The summed E-state index contributed by atoms with van der Waals surface area (Å²) in [6, 6.07) is 1.68. The van der Waals surface area contributed by atoms with Crippen LogP contribution in [0.3, 0.4) is 0 Å². The first-order valence-corrected chi connectivity index (χ1v) is 6.07. The summed E-state index contributed by atoms with van der Waals surface area (Å²) in [5, 5.41) is 3.53. The molecule has 1 aromatic rings. The number of nitrogens with zero attached hydrogens (tertiary/aromatic N) is 2. The number of likely N-dealkylation sites (tertiary alicyclic amines) is 1. The van der Waals surface area contributed by atoms with E-state index in [4.69, 9.17) is 9.26 Å². The zero-order valence-electron chi connectivity index (χ0n) is 10.7. The minimum absolute atomic E-state index is 0.156. The van der Waals surface area contributed by atoms with E-state index in [1.165, 1.54) is 6.20 Å². The minimum Gasteiger partial charge on any atom is -0.441 e. The van der Waals surface area contributed by atoms with E-state index in [0.717, 1.165) is 19.5 Å². The Labute approximate surface area is 102 Å². The minimum atomic E-state index is -0.268. The second-order valence-corrected chi connectivity index (χ2v) is 3.87. The van der Waals surface area contributed by atoms with Crippen LogP contribution >= 0.6 is 0 Å². The lowest BCUT2D eigenvalue weighted by Crippen LogP contribution is -2.28. The van der Waals surface area contributed by atoms with Gasteiger partial charge in [-0.25, -0.2) is 4.79 Å². The quantitative estimate of drug-likeness (QED) is 0.797. The second kappa shape index (κ2) is 6.93. The van der Waals surface area contributed by atoms with Crippen LogP contribution in [0.2, 0.25) is 0 Å². The molecule has 2 rings (SSSR count). The Morgan fingerprint density at radius 2 is 2.41 bits per heavy atom. The van der Waals surface area contributed by atoms with Gasteiger partial charge in [0.05, 0.1) is 6.20 Å². The number of ether oxygens (including phenoxy) is 1. The van der Waals surface area contributed by atoms with Crippen molar-refractivity contribution in [2.45, 2.75) is 33.8 Å². The van der Waals surface area contributed by atoms with Gasteiger partial charge in [0.2, 0.25) is 0 Å². The van der Waals surface area contributed by atoms with Crippen molar-refractivity contribution in [2.24, 2.45) is 5.92 Å². The Morgan fingerprint density at radius 3 is 2.94 bits per heavy atom. The van der Waals surface area contributed by atoms with E-state index in [9.17, 15) is 4.79 Å².